The Hall–Kier alpha value is -3.00. The van der Waals surface area contributed by atoms with Crippen molar-refractivity contribution in [1.29, 1.82) is 5.26 Å². The third-order valence-electron chi connectivity index (χ3n) is 3.15. The van der Waals surface area contributed by atoms with Gasteiger partial charge in [0.15, 0.2) is 5.58 Å². The normalized spacial score (nSPS) is 10.4. The molecular weight excluding hydrogens is 264 g/mol. The van der Waals surface area contributed by atoms with Crippen molar-refractivity contribution in [2.24, 2.45) is 0 Å². The molecule has 0 aliphatic carbocycles. The van der Waals surface area contributed by atoms with Crippen LogP contribution >= 0.6 is 0 Å². The van der Waals surface area contributed by atoms with Crippen molar-refractivity contribution < 1.29 is 4.42 Å². The first-order valence-electron chi connectivity index (χ1n) is 6.63. The van der Waals surface area contributed by atoms with E-state index in [9.17, 15) is 0 Å². The molecule has 0 radical (unpaired) electrons. The van der Waals surface area contributed by atoms with Crippen molar-refractivity contribution in [2.45, 2.75) is 6.42 Å². The highest BCUT2D eigenvalue weighted by atomic mass is 16.4. The fourth-order valence-electron chi connectivity index (χ4n) is 2.15. The average molecular weight is 278 g/mol. The lowest BCUT2D eigenvalue weighted by Crippen LogP contribution is -2.18. The van der Waals surface area contributed by atoms with Gasteiger partial charge in [0.05, 0.1) is 12.5 Å². The summed E-state index contributed by atoms with van der Waals surface area (Å²) >= 11 is 0. The van der Waals surface area contributed by atoms with E-state index in [1.807, 2.05) is 35.2 Å². The topological polar surface area (TPSA) is 79.1 Å². The van der Waals surface area contributed by atoms with E-state index in [2.05, 4.69) is 11.1 Å². The van der Waals surface area contributed by atoms with Crippen LogP contribution in [0.1, 0.15) is 6.42 Å². The van der Waals surface area contributed by atoms with Gasteiger partial charge in [-0.1, -0.05) is 18.2 Å². The van der Waals surface area contributed by atoms with Gasteiger partial charge < -0.3 is 10.2 Å². The number of oxazole rings is 1. The van der Waals surface area contributed by atoms with Crippen molar-refractivity contribution in [3.63, 3.8) is 0 Å². The lowest BCUT2D eigenvalue weighted by Gasteiger charge is -2.19. The predicted octanol–water partition coefficient (Wildman–Crippen LogP) is 3.46. The molecule has 0 unspecified atom stereocenters. The first kappa shape index (κ1) is 13.0. The van der Waals surface area contributed by atoms with Crippen LogP contribution in [0.25, 0.3) is 11.1 Å². The number of nitriles is 1. The molecule has 0 atom stereocenters. The Kier molecular flexibility index (Phi) is 3.44. The summed E-state index contributed by atoms with van der Waals surface area (Å²) in [7, 11) is 0. The van der Waals surface area contributed by atoms with Gasteiger partial charge in [0.1, 0.15) is 5.52 Å². The van der Waals surface area contributed by atoms with Gasteiger partial charge in [-0.3, -0.25) is 4.90 Å². The smallest absolute Gasteiger partial charge is 0.303 e. The first-order valence-corrected chi connectivity index (χ1v) is 6.63. The Bertz CT molecular complexity index is 789. The second-order valence-electron chi connectivity index (χ2n) is 4.62. The average Bonchev–Trinajstić information content (AvgIpc) is 2.91. The summed E-state index contributed by atoms with van der Waals surface area (Å²) in [5.74, 6) is 0. The van der Waals surface area contributed by atoms with E-state index in [1.165, 1.54) is 0 Å². The molecule has 0 fully saturated rings. The Morgan fingerprint density at radius 2 is 2.00 bits per heavy atom. The van der Waals surface area contributed by atoms with Crippen LogP contribution in [0, 0.1) is 11.3 Å². The maximum Gasteiger partial charge on any atom is 0.303 e. The van der Waals surface area contributed by atoms with Gasteiger partial charge in [-0.15, -0.1) is 0 Å². The maximum atomic E-state index is 8.84. The van der Waals surface area contributed by atoms with Crippen molar-refractivity contribution in [1.82, 2.24) is 4.98 Å². The van der Waals surface area contributed by atoms with Gasteiger partial charge in [-0.25, -0.2) is 0 Å². The van der Waals surface area contributed by atoms with Crippen LogP contribution in [0.3, 0.4) is 0 Å². The molecule has 0 spiro atoms. The molecule has 3 rings (SSSR count). The molecule has 104 valence electrons. The van der Waals surface area contributed by atoms with E-state index in [4.69, 9.17) is 15.4 Å². The summed E-state index contributed by atoms with van der Waals surface area (Å²) < 4.78 is 5.79. The van der Waals surface area contributed by atoms with Crippen molar-refractivity contribution in [2.75, 3.05) is 17.2 Å². The summed E-state index contributed by atoms with van der Waals surface area (Å²) in [5.41, 5.74) is 8.73. The number of hydrogen-bond donors (Lipinski definition) is 1. The highest BCUT2D eigenvalue weighted by Gasteiger charge is 2.15. The van der Waals surface area contributed by atoms with Gasteiger partial charge in [-0.2, -0.15) is 10.2 Å². The molecule has 2 N–H and O–H groups in total. The number of benzene rings is 2. The highest BCUT2D eigenvalue weighted by Crippen LogP contribution is 2.29. The van der Waals surface area contributed by atoms with Crippen molar-refractivity contribution >= 4 is 28.5 Å². The van der Waals surface area contributed by atoms with Gasteiger partial charge in [0.2, 0.25) is 0 Å². The number of hydrogen-bond acceptors (Lipinski definition) is 5. The molecule has 0 aliphatic heterocycles. The molecule has 5 heteroatoms. The number of nitrogen functional groups attached to an aromatic ring is 1. The molecule has 1 aromatic heterocycles. The third-order valence-corrected chi connectivity index (χ3v) is 3.15. The quantitative estimate of drug-likeness (QED) is 0.739. The monoisotopic (exact) mass is 278 g/mol. The molecule has 5 nitrogen and oxygen atoms in total. The van der Waals surface area contributed by atoms with E-state index in [0.717, 1.165) is 5.69 Å². The van der Waals surface area contributed by atoms with Crippen LogP contribution in [0.2, 0.25) is 0 Å². The Morgan fingerprint density at radius 1 is 1.19 bits per heavy atom. The fourth-order valence-corrected chi connectivity index (χ4v) is 2.15. The van der Waals surface area contributed by atoms with Gasteiger partial charge >= 0.3 is 6.01 Å². The number of nitrogens with zero attached hydrogens (tertiary/aromatic N) is 3. The standard InChI is InChI=1S/C16H14N4O/c17-9-4-10-20(13-5-2-1-3-6-13)16-19-14-11-12(18)7-8-15(14)21-16/h1-3,5-8,11H,4,10,18H2. The van der Waals surface area contributed by atoms with E-state index < -0.39 is 0 Å². The van der Waals surface area contributed by atoms with Crippen LogP contribution in [-0.4, -0.2) is 11.5 Å². The summed E-state index contributed by atoms with van der Waals surface area (Å²) in [5, 5.41) is 8.84. The zero-order valence-electron chi connectivity index (χ0n) is 11.4. The predicted molar refractivity (Wildman–Crippen MR) is 82.1 cm³/mol. The number of anilines is 3. The largest absolute Gasteiger partial charge is 0.423 e. The molecule has 0 aliphatic rings. The number of nitrogens with two attached hydrogens (primary N) is 1. The number of fused-ring (bicyclic) bond motifs is 1. The van der Waals surface area contributed by atoms with Gasteiger partial charge in [-0.05, 0) is 30.3 Å². The SMILES string of the molecule is N#CCCN(c1ccccc1)c1nc2cc(N)ccc2o1. The number of aromatic nitrogens is 1. The maximum absolute atomic E-state index is 8.84. The van der Waals surface area contributed by atoms with E-state index in [-0.39, 0.29) is 0 Å². The van der Waals surface area contributed by atoms with Gasteiger partial charge in [0.25, 0.3) is 0 Å². The summed E-state index contributed by atoms with van der Waals surface area (Å²) in [6.07, 6.45) is 0.385. The molecular formula is C16H14N4O. The second-order valence-corrected chi connectivity index (χ2v) is 4.62. The third kappa shape index (κ3) is 2.65. The molecule has 0 bridgehead atoms. The van der Waals surface area contributed by atoms with Crippen molar-refractivity contribution in [3.05, 3.63) is 48.5 Å². The first-order chi connectivity index (χ1) is 10.3. The minimum Gasteiger partial charge on any atom is -0.423 e. The molecule has 0 saturated heterocycles. The summed E-state index contributed by atoms with van der Waals surface area (Å²) in [6, 6.07) is 17.7. The van der Waals surface area contributed by atoms with Crippen LogP contribution < -0.4 is 10.6 Å². The Balaban J connectivity index is 2.03. The zero-order chi connectivity index (χ0) is 14.7. The summed E-state index contributed by atoms with van der Waals surface area (Å²) in [6.45, 7) is 0.517. The van der Waals surface area contributed by atoms with Crippen LogP contribution in [0.5, 0.6) is 0 Å². The number of para-hydroxylation sites is 1. The second kappa shape index (κ2) is 5.55. The number of rotatable bonds is 4. The highest BCUT2D eigenvalue weighted by molar-refractivity contribution is 5.79. The van der Waals surface area contributed by atoms with E-state index >= 15 is 0 Å². The minimum atomic E-state index is 0.385. The lowest BCUT2D eigenvalue weighted by atomic mass is 10.3. The Labute approximate surface area is 122 Å². The van der Waals surface area contributed by atoms with Gasteiger partial charge in [0, 0.05) is 17.9 Å². The molecule has 1 heterocycles. The lowest BCUT2D eigenvalue weighted by molar-refractivity contribution is 0.593. The summed E-state index contributed by atoms with van der Waals surface area (Å²) in [4.78, 5) is 6.36. The zero-order valence-corrected chi connectivity index (χ0v) is 11.4. The molecule has 0 amide bonds. The van der Waals surface area contributed by atoms with E-state index in [0.29, 0.717) is 35.8 Å². The molecule has 21 heavy (non-hydrogen) atoms. The van der Waals surface area contributed by atoms with Crippen LogP contribution in [0.4, 0.5) is 17.4 Å². The van der Waals surface area contributed by atoms with Crippen molar-refractivity contribution in [3.8, 4) is 6.07 Å². The molecule has 3 aromatic rings. The van der Waals surface area contributed by atoms with Crippen LogP contribution in [-0.2, 0) is 0 Å². The minimum absolute atomic E-state index is 0.385. The molecule has 2 aromatic carbocycles. The Morgan fingerprint density at radius 3 is 2.76 bits per heavy atom. The van der Waals surface area contributed by atoms with E-state index in [1.54, 1.807) is 18.2 Å². The molecule has 0 saturated carbocycles. The van der Waals surface area contributed by atoms with Crippen LogP contribution in [0.15, 0.2) is 52.9 Å². The fraction of sp³-hybridized carbons (Fsp3) is 0.125.